The number of aromatic nitrogens is 1. The molecule has 0 bridgehead atoms. The number of pyridine rings is 1. The molecule has 1 heterocycles. The largest absolute Gasteiger partial charge is 0.469 e. The minimum Gasteiger partial charge on any atom is -0.469 e. The summed E-state index contributed by atoms with van der Waals surface area (Å²) >= 11 is 1.88. The van der Waals surface area contributed by atoms with E-state index in [1.807, 2.05) is 24.0 Å². The van der Waals surface area contributed by atoms with Crippen LogP contribution in [-0.4, -0.2) is 30.4 Å². The molecule has 0 atom stereocenters. The number of esters is 1. The quantitative estimate of drug-likeness (QED) is 0.747. The number of carbonyl (C=O) groups excluding carboxylic acids is 1. The zero-order valence-electron chi connectivity index (χ0n) is 12.1. The molecule has 1 fully saturated rings. The van der Waals surface area contributed by atoms with E-state index in [4.69, 9.17) is 4.74 Å². The predicted octanol–water partition coefficient (Wildman–Crippen LogP) is 3.09. The van der Waals surface area contributed by atoms with E-state index >= 15 is 0 Å². The molecule has 1 N–H and O–H groups in total. The van der Waals surface area contributed by atoms with Crippen LogP contribution in [0.2, 0.25) is 0 Å². The van der Waals surface area contributed by atoms with Crippen molar-refractivity contribution in [1.29, 1.82) is 0 Å². The number of hydrogen-bond acceptors (Lipinski definition) is 5. The standard InChI is InChI=1S/C15H22N2O2S/c1-3-16-14-12(5-4-8-17-14)10-20-11-15(6-7-15)9-13(18)19-2/h4-5,8H,3,6-7,9-11H2,1-2H3,(H,16,17). The van der Waals surface area contributed by atoms with Crippen LogP contribution in [-0.2, 0) is 15.3 Å². The van der Waals surface area contributed by atoms with Gasteiger partial charge in [-0.2, -0.15) is 11.8 Å². The number of methoxy groups -OCH3 is 1. The van der Waals surface area contributed by atoms with E-state index in [2.05, 4.69) is 23.3 Å². The van der Waals surface area contributed by atoms with Gasteiger partial charge in [0.25, 0.3) is 0 Å². The number of nitrogens with one attached hydrogen (secondary N) is 1. The molecule has 0 radical (unpaired) electrons. The van der Waals surface area contributed by atoms with Crippen LogP contribution in [0, 0.1) is 5.41 Å². The van der Waals surface area contributed by atoms with Gasteiger partial charge in [-0.15, -0.1) is 0 Å². The van der Waals surface area contributed by atoms with Crippen molar-refractivity contribution >= 4 is 23.5 Å². The van der Waals surface area contributed by atoms with E-state index in [1.165, 1.54) is 12.7 Å². The summed E-state index contributed by atoms with van der Waals surface area (Å²) in [4.78, 5) is 15.8. The number of hydrogen-bond donors (Lipinski definition) is 1. The molecule has 1 aliphatic rings. The maximum atomic E-state index is 11.4. The lowest BCUT2D eigenvalue weighted by molar-refractivity contribution is -0.141. The minimum absolute atomic E-state index is 0.0854. The minimum atomic E-state index is -0.0854. The Kier molecular flexibility index (Phi) is 5.29. The molecule has 2 rings (SSSR count). The maximum Gasteiger partial charge on any atom is 0.306 e. The molecule has 110 valence electrons. The summed E-state index contributed by atoms with van der Waals surface area (Å²) < 4.78 is 4.77. The zero-order chi connectivity index (χ0) is 14.4. The van der Waals surface area contributed by atoms with Gasteiger partial charge in [0.15, 0.2) is 0 Å². The van der Waals surface area contributed by atoms with E-state index in [1.54, 1.807) is 0 Å². The summed E-state index contributed by atoms with van der Waals surface area (Å²) in [6.45, 7) is 2.95. The summed E-state index contributed by atoms with van der Waals surface area (Å²) in [6, 6.07) is 4.08. The highest BCUT2D eigenvalue weighted by Gasteiger charge is 2.44. The van der Waals surface area contributed by atoms with Gasteiger partial charge in [-0.25, -0.2) is 4.98 Å². The highest BCUT2D eigenvalue weighted by atomic mass is 32.2. The molecule has 5 heteroatoms. The number of ether oxygens (including phenoxy) is 1. The van der Waals surface area contributed by atoms with Crippen molar-refractivity contribution in [3.8, 4) is 0 Å². The summed E-state index contributed by atoms with van der Waals surface area (Å²) in [5, 5.41) is 3.28. The Hall–Kier alpha value is -1.23. The smallest absolute Gasteiger partial charge is 0.306 e. The molecule has 1 aromatic heterocycles. The molecule has 0 aromatic carbocycles. The van der Waals surface area contributed by atoms with Gasteiger partial charge in [0.1, 0.15) is 5.82 Å². The van der Waals surface area contributed by atoms with E-state index in [0.29, 0.717) is 6.42 Å². The van der Waals surface area contributed by atoms with Gasteiger partial charge in [-0.3, -0.25) is 4.79 Å². The first kappa shape index (κ1) is 15.2. The Balaban J connectivity index is 1.83. The fourth-order valence-corrected chi connectivity index (χ4v) is 3.57. The van der Waals surface area contributed by atoms with Gasteiger partial charge in [-0.1, -0.05) is 6.07 Å². The van der Waals surface area contributed by atoms with Gasteiger partial charge < -0.3 is 10.1 Å². The van der Waals surface area contributed by atoms with Crippen molar-refractivity contribution in [3.63, 3.8) is 0 Å². The van der Waals surface area contributed by atoms with E-state index < -0.39 is 0 Å². The molecule has 1 saturated carbocycles. The molecular formula is C15H22N2O2S. The highest BCUT2D eigenvalue weighted by molar-refractivity contribution is 7.98. The second kappa shape index (κ2) is 6.97. The third-order valence-corrected chi connectivity index (χ3v) is 4.94. The molecule has 0 aliphatic heterocycles. The molecule has 1 aromatic rings. The van der Waals surface area contributed by atoms with Crippen LogP contribution >= 0.6 is 11.8 Å². The second-order valence-corrected chi connectivity index (χ2v) is 6.27. The molecule has 4 nitrogen and oxygen atoms in total. The molecular weight excluding hydrogens is 272 g/mol. The van der Waals surface area contributed by atoms with Crippen molar-refractivity contribution in [2.45, 2.75) is 31.9 Å². The average molecular weight is 294 g/mol. The lowest BCUT2D eigenvalue weighted by Crippen LogP contribution is -2.13. The molecule has 0 saturated heterocycles. The summed E-state index contributed by atoms with van der Waals surface area (Å²) in [5.41, 5.74) is 1.42. The topological polar surface area (TPSA) is 51.2 Å². The molecule has 0 unspecified atom stereocenters. The SMILES string of the molecule is CCNc1ncccc1CSCC1(CC(=O)OC)CC1. The van der Waals surface area contributed by atoms with E-state index in [0.717, 1.165) is 36.7 Å². The maximum absolute atomic E-state index is 11.4. The van der Waals surface area contributed by atoms with Crippen LogP contribution in [0.25, 0.3) is 0 Å². The van der Waals surface area contributed by atoms with Gasteiger partial charge in [0.2, 0.25) is 0 Å². The van der Waals surface area contributed by atoms with Crippen LogP contribution in [0.3, 0.4) is 0 Å². The third kappa shape index (κ3) is 4.13. The molecule has 20 heavy (non-hydrogen) atoms. The first-order valence-corrected chi connectivity index (χ1v) is 8.17. The van der Waals surface area contributed by atoms with Crippen LogP contribution in [0.15, 0.2) is 18.3 Å². The number of rotatable bonds is 8. The third-order valence-electron chi connectivity index (χ3n) is 3.61. The van der Waals surface area contributed by atoms with Crippen LogP contribution in [0.5, 0.6) is 0 Å². The molecule has 1 aliphatic carbocycles. The number of nitrogens with zero attached hydrogens (tertiary/aromatic N) is 1. The second-order valence-electron chi connectivity index (χ2n) is 5.29. The van der Waals surface area contributed by atoms with Crippen molar-refractivity contribution in [1.82, 2.24) is 4.98 Å². The highest BCUT2D eigenvalue weighted by Crippen LogP contribution is 2.51. The lowest BCUT2D eigenvalue weighted by atomic mass is 10.1. The summed E-state index contributed by atoms with van der Waals surface area (Å²) in [6.07, 6.45) is 4.65. The average Bonchev–Trinajstić information content (AvgIpc) is 3.20. The number of anilines is 1. The first-order chi connectivity index (χ1) is 9.69. The lowest BCUT2D eigenvalue weighted by Gasteiger charge is -2.14. The Labute approximate surface area is 124 Å². The fraction of sp³-hybridized carbons (Fsp3) is 0.600. The van der Waals surface area contributed by atoms with Crippen molar-refractivity contribution < 1.29 is 9.53 Å². The predicted molar refractivity (Wildman–Crippen MR) is 82.9 cm³/mol. The van der Waals surface area contributed by atoms with Gasteiger partial charge in [-0.05, 0) is 37.0 Å². The summed E-state index contributed by atoms with van der Waals surface area (Å²) in [7, 11) is 1.46. The first-order valence-electron chi connectivity index (χ1n) is 7.01. The van der Waals surface area contributed by atoms with Gasteiger partial charge in [0, 0.05) is 24.1 Å². The molecule has 0 spiro atoms. The number of carbonyl (C=O) groups is 1. The van der Waals surface area contributed by atoms with Gasteiger partial charge in [0.05, 0.1) is 13.5 Å². The van der Waals surface area contributed by atoms with E-state index in [9.17, 15) is 4.79 Å². The van der Waals surface area contributed by atoms with Crippen LogP contribution in [0.1, 0.15) is 31.7 Å². The van der Waals surface area contributed by atoms with Crippen molar-refractivity contribution in [2.24, 2.45) is 5.41 Å². The monoisotopic (exact) mass is 294 g/mol. The Morgan fingerprint density at radius 1 is 1.55 bits per heavy atom. The normalized spacial score (nSPS) is 15.7. The zero-order valence-corrected chi connectivity index (χ0v) is 13.0. The fourth-order valence-electron chi connectivity index (χ4n) is 2.19. The van der Waals surface area contributed by atoms with Crippen LogP contribution in [0.4, 0.5) is 5.82 Å². The Bertz CT molecular complexity index is 461. The van der Waals surface area contributed by atoms with Crippen molar-refractivity contribution in [3.05, 3.63) is 23.9 Å². The Morgan fingerprint density at radius 2 is 2.35 bits per heavy atom. The van der Waals surface area contributed by atoms with Gasteiger partial charge >= 0.3 is 5.97 Å². The Morgan fingerprint density at radius 3 is 3.00 bits per heavy atom. The molecule has 0 amide bonds. The number of thioether (sulfide) groups is 1. The van der Waals surface area contributed by atoms with Crippen molar-refractivity contribution in [2.75, 3.05) is 24.7 Å². The van der Waals surface area contributed by atoms with Crippen LogP contribution < -0.4 is 5.32 Å². The van der Waals surface area contributed by atoms with E-state index in [-0.39, 0.29) is 11.4 Å². The summed E-state index contributed by atoms with van der Waals surface area (Å²) in [5.74, 6) is 2.83.